The van der Waals surface area contributed by atoms with Gasteiger partial charge in [0, 0.05) is 32.1 Å². The van der Waals surface area contributed by atoms with Gasteiger partial charge < -0.3 is 24.6 Å². The van der Waals surface area contributed by atoms with Crippen molar-refractivity contribution in [3.63, 3.8) is 0 Å². The number of ether oxygens (including phenoxy) is 2. The monoisotopic (exact) mass is 495 g/mol. The summed E-state index contributed by atoms with van der Waals surface area (Å²) in [5.41, 5.74) is 2.46. The zero-order chi connectivity index (χ0) is 24.9. The summed E-state index contributed by atoms with van der Waals surface area (Å²) in [4.78, 5) is 28.8. The van der Waals surface area contributed by atoms with Crippen molar-refractivity contribution in [2.75, 3.05) is 46.1 Å². The van der Waals surface area contributed by atoms with Gasteiger partial charge in [0.1, 0.15) is 25.6 Å². The summed E-state index contributed by atoms with van der Waals surface area (Å²) in [5, 5.41) is 2.98. The van der Waals surface area contributed by atoms with Gasteiger partial charge in [0.15, 0.2) is 0 Å². The lowest BCUT2D eigenvalue weighted by Crippen LogP contribution is -2.62. The fourth-order valence-electron chi connectivity index (χ4n) is 5.82. The van der Waals surface area contributed by atoms with Crippen molar-refractivity contribution < 1.29 is 23.5 Å². The summed E-state index contributed by atoms with van der Waals surface area (Å²) >= 11 is 0. The van der Waals surface area contributed by atoms with Gasteiger partial charge in [-0.15, -0.1) is 0 Å². The molecule has 1 N–H and O–H groups in total. The third-order valence-electron chi connectivity index (χ3n) is 7.62. The summed E-state index contributed by atoms with van der Waals surface area (Å²) in [6.45, 7) is 2.23. The second kappa shape index (κ2) is 11.3. The first kappa shape index (κ1) is 24.6. The molecular formula is C28H34FN3O4. The number of nitrogens with one attached hydrogen (secondary N) is 1. The van der Waals surface area contributed by atoms with E-state index in [1.165, 1.54) is 11.1 Å². The van der Waals surface area contributed by atoms with Crippen LogP contribution in [0.2, 0.25) is 0 Å². The molecule has 8 heteroatoms. The maximum absolute atomic E-state index is 13.3. The summed E-state index contributed by atoms with van der Waals surface area (Å²) in [7, 11) is 0. The van der Waals surface area contributed by atoms with Gasteiger partial charge in [0.05, 0.1) is 12.1 Å². The van der Waals surface area contributed by atoms with Gasteiger partial charge in [-0.2, -0.15) is 0 Å². The number of halogens is 1. The molecular weight excluding hydrogens is 461 g/mol. The molecule has 192 valence electrons. The molecule has 3 amide bonds. The Bertz CT molecular complexity index is 1030. The number of morpholine rings is 1. The van der Waals surface area contributed by atoms with Gasteiger partial charge >= 0.3 is 6.03 Å². The quantitative estimate of drug-likeness (QED) is 0.665. The van der Waals surface area contributed by atoms with Crippen LogP contribution < -0.4 is 10.1 Å². The molecule has 3 fully saturated rings. The van der Waals surface area contributed by atoms with Crippen molar-refractivity contribution in [3.05, 3.63) is 65.7 Å². The molecule has 3 heterocycles. The maximum atomic E-state index is 13.3. The number of fused-ring (bicyclic) bond motifs is 1. The van der Waals surface area contributed by atoms with Gasteiger partial charge in [-0.05, 0) is 48.4 Å². The lowest BCUT2D eigenvalue weighted by Gasteiger charge is -2.44. The number of urea groups is 1. The number of piperidine rings is 2. The molecule has 0 radical (unpaired) electrons. The first-order valence-electron chi connectivity index (χ1n) is 12.9. The van der Waals surface area contributed by atoms with Gasteiger partial charge in [-0.1, -0.05) is 42.5 Å². The number of amides is 3. The molecule has 3 saturated heterocycles. The third kappa shape index (κ3) is 5.48. The number of benzene rings is 2. The molecule has 0 aromatic heterocycles. The van der Waals surface area contributed by atoms with Crippen molar-refractivity contribution in [2.24, 2.45) is 5.92 Å². The van der Waals surface area contributed by atoms with E-state index in [4.69, 9.17) is 9.47 Å². The number of likely N-dealkylation sites (tertiary alicyclic amines) is 2. The molecule has 0 saturated carbocycles. The Morgan fingerprint density at radius 1 is 1.00 bits per heavy atom. The van der Waals surface area contributed by atoms with Gasteiger partial charge in [-0.3, -0.25) is 4.79 Å². The highest BCUT2D eigenvalue weighted by Gasteiger charge is 2.38. The third-order valence-corrected chi connectivity index (χ3v) is 7.62. The number of carbonyl (C=O) groups is 2. The van der Waals surface area contributed by atoms with Crippen LogP contribution in [0, 0.1) is 5.92 Å². The number of hydrogen-bond donors (Lipinski definition) is 1. The summed E-state index contributed by atoms with van der Waals surface area (Å²) in [6, 6.07) is 18.4. The van der Waals surface area contributed by atoms with Crippen LogP contribution >= 0.6 is 0 Å². The Morgan fingerprint density at radius 2 is 1.69 bits per heavy atom. The van der Waals surface area contributed by atoms with Crippen molar-refractivity contribution in [1.29, 1.82) is 0 Å². The minimum atomic E-state index is -0.507. The minimum absolute atomic E-state index is 0.00196. The van der Waals surface area contributed by atoms with Crippen molar-refractivity contribution in [2.45, 2.75) is 37.3 Å². The van der Waals surface area contributed by atoms with E-state index in [2.05, 4.69) is 41.7 Å². The van der Waals surface area contributed by atoms with Crippen LogP contribution in [0.4, 0.5) is 9.18 Å². The van der Waals surface area contributed by atoms with E-state index in [1.54, 1.807) is 0 Å². The predicted molar refractivity (Wildman–Crippen MR) is 134 cm³/mol. The normalized spacial score (nSPS) is 23.5. The Hall–Kier alpha value is -3.13. The molecule has 0 aliphatic carbocycles. The Kier molecular flexibility index (Phi) is 7.70. The average Bonchev–Trinajstić information content (AvgIpc) is 2.93. The van der Waals surface area contributed by atoms with E-state index < -0.39 is 6.67 Å². The van der Waals surface area contributed by atoms with Gasteiger partial charge in [0.2, 0.25) is 5.91 Å². The van der Waals surface area contributed by atoms with Crippen LogP contribution in [0.25, 0.3) is 0 Å². The van der Waals surface area contributed by atoms with Crippen LogP contribution in [-0.4, -0.2) is 80.0 Å². The Labute approximate surface area is 211 Å². The number of nitrogens with zero attached hydrogens (tertiary/aromatic N) is 2. The molecule has 0 spiro atoms. The second-order valence-electron chi connectivity index (χ2n) is 9.86. The molecule has 0 bridgehead atoms. The van der Waals surface area contributed by atoms with Crippen LogP contribution in [0.5, 0.6) is 5.75 Å². The highest BCUT2D eigenvalue weighted by atomic mass is 19.1. The average molecular weight is 496 g/mol. The van der Waals surface area contributed by atoms with Gasteiger partial charge in [0.25, 0.3) is 0 Å². The van der Waals surface area contributed by atoms with Crippen LogP contribution in [-0.2, 0) is 9.53 Å². The van der Waals surface area contributed by atoms with E-state index in [9.17, 15) is 14.0 Å². The van der Waals surface area contributed by atoms with Crippen LogP contribution in [0.1, 0.15) is 36.3 Å². The lowest BCUT2D eigenvalue weighted by molar-refractivity contribution is -0.139. The first-order valence-corrected chi connectivity index (χ1v) is 12.9. The predicted octanol–water partition coefficient (Wildman–Crippen LogP) is 3.59. The number of carbonyl (C=O) groups excluding carboxylic acids is 2. The topological polar surface area (TPSA) is 71.1 Å². The molecule has 3 atom stereocenters. The molecule has 0 unspecified atom stereocenters. The standard InChI is InChI=1S/C28H34FN3O4/c29-13-17-35-23-8-6-21(7-9-23)27(20-4-2-1-3-5-20)22-10-14-31(15-11-22)28(34)32-16-12-25-24(18-32)30-26(33)19-36-25/h1-9,22,24-25,27H,10-19H2,(H,30,33)/t24-,25+,27+/m1/s1. The van der Waals surface area contributed by atoms with Crippen LogP contribution in [0.15, 0.2) is 54.6 Å². The Morgan fingerprint density at radius 3 is 2.42 bits per heavy atom. The molecule has 5 rings (SSSR count). The zero-order valence-corrected chi connectivity index (χ0v) is 20.5. The molecule has 36 heavy (non-hydrogen) atoms. The van der Waals surface area contributed by atoms with Crippen molar-refractivity contribution in [1.82, 2.24) is 15.1 Å². The fraction of sp³-hybridized carbons (Fsp3) is 0.500. The van der Waals surface area contributed by atoms with Crippen LogP contribution in [0.3, 0.4) is 0 Å². The SMILES string of the molecule is O=C1CO[C@H]2CCN(C(=O)N3CCC([C@@H](c4ccccc4)c4ccc(OCCF)cc4)CC3)C[C@H]2N1. The van der Waals surface area contributed by atoms with E-state index in [-0.39, 0.29) is 43.2 Å². The van der Waals surface area contributed by atoms with Crippen molar-refractivity contribution >= 4 is 11.9 Å². The van der Waals surface area contributed by atoms with Gasteiger partial charge in [-0.25, -0.2) is 9.18 Å². The van der Waals surface area contributed by atoms with E-state index >= 15 is 0 Å². The number of alkyl halides is 1. The lowest BCUT2D eigenvalue weighted by atomic mass is 9.76. The fourth-order valence-corrected chi connectivity index (χ4v) is 5.82. The van der Waals surface area contributed by atoms with Crippen molar-refractivity contribution in [3.8, 4) is 5.75 Å². The smallest absolute Gasteiger partial charge is 0.320 e. The number of hydrogen-bond acceptors (Lipinski definition) is 4. The zero-order valence-electron chi connectivity index (χ0n) is 20.5. The molecule has 2 aromatic rings. The minimum Gasteiger partial charge on any atom is -0.491 e. The largest absolute Gasteiger partial charge is 0.491 e. The number of rotatable bonds is 6. The summed E-state index contributed by atoms with van der Waals surface area (Å²) in [6.07, 6.45) is 2.56. The molecule has 3 aliphatic heterocycles. The first-order chi connectivity index (χ1) is 17.6. The summed E-state index contributed by atoms with van der Waals surface area (Å²) < 4.78 is 23.5. The van der Waals surface area contributed by atoms with E-state index in [0.717, 1.165) is 19.3 Å². The molecule has 7 nitrogen and oxygen atoms in total. The summed E-state index contributed by atoms with van der Waals surface area (Å²) in [5.74, 6) is 1.17. The maximum Gasteiger partial charge on any atom is 0.320 e. The molecule has 3 aliphatic rings. The van der Waals surface area contributed by atoms with E-state index in [1.807, 2.05) is 28.0 Å². The Balaban J connectivity index is 1.24. The second-order valence-corrected chi connectivity index (χ2v) is 9.86. The highest BCUT2D eigenvalue weighted by molar-refractivity contribution is 5.79. The van der Waals surface area contributed by atoms with E-state index in [0.29, 0.717) is 37.8 Å². The highest BCUT2D eigenvalue weighted by Crippen LogP contribution is 2.38. The molecule has 2 aromatic carbocycles.